The van der Waals surface area contributed by atoms with E-state index < -0.39 is 17.2 Å². The molecule has 2 atom stereocenters. The second-order valence-electron chi connectivity index (χ2n) is 6.46. The van der Waals surface area contributed by atoms with Crippen molar-refractivity contribution in [2.24, 2.45) is 17.6 Å². The smallest absolute Gasteiger partial charge is 0.143 e. The zero-order valence-corrected chi connectivity index (χ0v) is 13.6. The van der Waals surface area contributed by atoms with Crippen LogP contribution in [0.3, 0.4) is 0 Å². The second-order valence-corrected chi connectivity index (χ2v) is 7.32. The van der Waals surface area contributed by atoms with Crippen molar-refractivity contribution in [1.29, 1.82) is 0 Å². The Kier molecular flexibility index (Phi) is 4.85. The van der Waals surface area contributed by atoms with Crippen LogP contribution in [-0.2, 0) is 6.42 Å². The SMILES string of the molecule is CC(C)C1CCCC(N)(Cc2c(F)ccc(Br)c2F)C1. The van der Waals surface area contributed by atoms with E-state index in [1.54, 1.807) is 0 Å². The first-order valence-electron chi connectivity index (χ1n) is 7.24. The van der Waals surface area contributed by atoms with E-state index in [-0.39, 0.29) is 12.0 Å². The first-order valence-corrected chi connectivity index (χ1v) is 8.03. The van der Waals surface area contributed by atoms with Crippen LogP contribution in [-0.4, -0.2) is 5.54 Å². The molecule has 1 nitrogen and oxygen atoms in total. The van der Waals surface area contributed by atoms with E-state index in [2.05, 4.69) is 29.8 Å². The third-order valence-electron chi connectivity index (χ3n) is 4.53. The van der Waals surface area contributed by atoms with E-state index in [0.29, 0.717) is 16.3 Å². The van der Waals surface area contributed by atoms with Gasteiger partial charge in [0.15, 0.2) is 0 Å². The molecule has 20 heavy (non-hydrogen) atoms. The summed E-state index contributed by atoms with van der Waals surface area (Å²) in [6, 6.07) is 2.70. The van der Waals surface area contributed by atoms with E-state index >= 15 is 0 Å². The molecule has 2 unspecified atom stereocenters. The van der Waals surface area contributed by atoms with Crippen molar-refractivity contribution >= 4 is 15.9 Å². The van der Waals surface area contributed by atoms with E-state index in [4.69, 9.17) is 5.73 Å². The number of hydrogen-bond acceptors (Lipinski definition) is 1. The van der Waals surface area contributed by atoms with Crippen molar-refractivity contribution in [3.05, 3.63) is 33.8 Å². The Bertz CT molecular complexity index is 490. The van der Waals surface area contributed by atoms with Crippen LogP contribution >= 0.6 is 15.9 Å². The molecule has 1 aliphatic rings. The number of benzene rings is 1. The molecule has 1 fully saturated rings. The van der Waals surface area contributed by atoms with Crippen molar-refractivity contribution < 1.29 is 8.78 Å². The lowest BCUT2D eigenvalue weighted by Crippen LogP contribution is -2.47. The molecule has 0 saturated heterocycles. The van der Waals surface area contributed by atoms with Gasteiger partial charge in [-0.05, 0) is 59.2 Å². The van der Waals surface area contributed by atoms with Crippen LogP contribution in [0.2, 0.25) is 0 Å². The lowest BCUT2D eigenvalue weighted by Gasteiger charge is -2.40. The molecule has 0 amide bonds. The topological polar surface area (TPSA) is 26.0 Å². The molecule has 0 heterocycles. The minimum Gasteiger partial charge on any atom is -0.325 e. The fourth-order valence-corrected chi connectivity index (χ4v) is 3.63. The molecule has 0 bridgehead atoms. The van der Waals surface area contributed by atoms with Gasteiger partial charge in [-0.25, -0.2) is 8.78 Å². The van der Waals surface area contributed by atoms with Gasteiger partial charge in [-0.15, -0.1) is 0 Å². The monoisotopic (exact) mass is 345 g/mol. The predicted molar refractivity (Wildman–Crippen MR) is 81.5 cm³/mol. The summed E-state index contributed by atoms with van der Waals surface area (Å²) in [4.78, 5) is 0. The van der Waals surface area contributed by atoms with Crippen molar-refractivity contribution in [3.8, 4) is 0 Å². The largest absolute Gasteiger partial charge is 0.325 e. The molecule has 0 aromatic heterocycles. The molecule has 1 aromatic rings. The van der Waals surface area contributed by atoms with E-state index in [0.717, 1.165) is 19.3 Å². The van der Waals surface area contributed by atoms with E-state index in [1.165, 1.54) is 18.6 Å². The molecule has 2 N–H and O–H groups in total. The van der Waals surface area contributed by atoms with Crippen LogP contribution in [0.25, 0.3) is 0 Å². The molecule has 1 aliphatic carbocycles. The van der Waals surface area contributed by atoms with E-state index in [1.807, 2.05) is 0 Å². The Hall–Kier alpha value is -0.480. The predicted octanol–water partition coefficient (Wildman–Crippen LogP) is 4.81. The highest BCUT2D eigenvalue weighted by Gasteiger charge is 2.35. The maximum Gasteiger partial charge on any atom is 0.143 e. The lowest BCUT2D eigenvalue weighted by molar-refractivity contribution is 0.180. The first-order chi connectivity index (χ1) is 9.32. The minimum absolute atomic E-state index is 0.117. The summed E-state index contributed by atoms with van der Waals surface area (Å²) >= 11 is 3.12. The second kappa shape index (κ2) is 6.10. The van der Waals surface area contributed by atoms with Gasteiger partial charge in [-0.2, -0.15) is 0 Å². The van der Waals surface area contributed by atoms with Crippen LogP contribution in [0.1, 0.15) is 45.1 Å². The fourth-order valence-electron chi connectivity index (χ4n) is 3.26. The van der Waals surface area contributed by atoms with Crippen LogP contribution in [0.5, 0.6) is 0 Å². The molecule has 0 aliphatic heterocycles. The van der Waals surface area contributed by atoms with Crippen molar-refractivity contribution in [3.63, 3.8) is 0 Å². The Morgan fingerprint density at radius 1 is 1.40 bits per heavy atom. The summed E-state index contributed by atoms with van der Waals surface area (Å²) in [7, 11) is 0. The summed E-state index contributed by atoms with van der Waals surface area (Å²) in [6.45, 7) is 4.38. The number of nitrogens with two attached hydrogens (primary N) is 1. The summed E-state index contributed by atoms with van der Waals surface area (Å²) in [5.41, 5.74) is 6.09. The number of halogens is 3. The number of rotatable bonds is 3. The fraction of sp³-hybridized carbons (Fsp3) is 0.625. The Morgan fingerprint density at radius 3 is 2.75 bits per heavy atom. The van der Waals surface area contributed by atoms with Gasteiger partial charge in [-0.3, -0.25) is 0 Å². The molecule has 0 spiro atoms. The van der Waals surface area contributed by atoms with Crippen LogP contribution in [0, 0.1) is 23.5 Å². The quantitative estimate of drug-likeness (QED) is 0.781. The molecule has 2 rings (SSSR count). The Balaban J connectivity index is 2.22. The Morgan fingerprint density at radius 2 is 2.10 bits per heavy atom. The lowest BCUT2D eigenvalue weighted by atomic mass is 9.70. The third-order valence-corrected chi connectivity index (χ3v) is 5.14. The standard InChI is InChI=1S/C16H22BrF2N/c1-10(2)11-4-3-7-16(20,8-11)9-12-14(18)6-5-13(17)15(12)19/h5-6,10-11H,3-4,7-9,20H2,1-2H3. The van der Waals surface area contributed by atoms with Crippen LogP contribution < -0.4 is 5.73 Å². The van der Waals surface area contributed by atoms with Gasteiger partial charge in [0, 0.05) is 11.1 Å². The molecular weight excluding hydrogens is 324 g/mol. The number of hydrogen-bond donors (Lipinski definition) is 1. The van der Waals surface area contributed by atoms with Gasteiger partial charge in [-0.1, -0.05) is 26.7 Å². The van der Waals surface area contributed by atoms with Gasteiger partial charge >= 0.3 is 0 Å². The molecule has 4 heteroatoms. The first kappa shape index (κ1) is 15.9. The third kappa shape index (κ3) is 3.40. The molecule has 1 aromatic carbocycles. The molecule has 0 radical (unpaired) electrons. The maximum atomic E-state index is 14.1. The van der Waals surface area contributed by atoms with Gasteiger partial charge < -0.3 is 5.73 Å². The van der Waals surface area contributed by atoms with Crippen LogP contribution in [0.4, 0.5) is 8.78 Å². The summed E-state index contributed by atoms with van der Waals surface area (Å²) < 4.78 is 28.3. The van der Waals surface area contributed by atoms with Gasteiger partial charge in [0.1, 0.15) is 11.6 Å². The zero-order chi connectivity index (χ0) is 14.9. The van der Waals surface area contributed by atoms with Crippen molar-refractivity contribution in [1.82, 2.24) is 0 Å². The molecule has 112 valence electrons. The zero-order valence-electron chi connectivity index (χ0n) is 12.1. The maximum absolute atomic E-state index is 14.1. The molecule has 1 saturated carbocycles. The highest BCUT2D eigenvalue weighted by molar-refractivity contribution is 9.10. The average molecular weight is 346 g/mol. The van der Waals surface area contributed by atoms with E-state index in [9.17, 15) is 8.78 Å². The van der Waals surface area contributed by atoms with Crippen LogP contribution in [0.15, 0.2) is 16.6 Å². The average Bonchev–Trinajstić information content (AvgIpc) is 2.39. The highest BCUT2D eigenvalue weighted by Crippen LogP contribution is 2.38. The summed E-state index contributed by atoms with van der Waals surface area (Å²) in [6.07, 6.45) is 4.15. The summed E-state index contributed by atoms with van der Waals surface area (Å²) in [5, 5.41) is 0. The molecular formula is C16H22BrF2N. The van der Waals surface area contributed by atoms with Crippen molar-refractivity contribution in [2.75, 3.05) is 0 Å². The summed E-state index contributed by atoms with van der Waals surface area (Å²) in [5.74, 6) is 0.103. The highest BCUT2D eigenvalue weighted by atomic mass is 79.9. The normalized spacial score (nSPS) is 27.1. The minimum atomic E-state index is -0.513. The Labute approximate surface area is 128 Å². The van der Waals surface area contributed by atoms with Gasteiger partial charge in [0.05, 0.1) is 4.47 Å². The van der Waals surface area contributed by atoms with Gasteiger partial charge in [0.25, 0.3) is 0 Å². The van der Waals surface area contributed by atoms with Crippen molar-refractivity contribution in [2.45, 2.75) is 51.5 Å². The van der Waals surface area contributed by atoms with Gasteiger partial charge in [0.2, 0.25) is 0 Å².